The van der Waals surface area contributed by atoms with Crippen LogP contribution in [-0.4, -0.2) is 5.91 Å². The van der Waals surface area contributed by atoms with Crippen LogP contribution in [0.2, 0.25) is 0 Å². The maximum absolute atomic E-state index is 11.7. The van der Waals surface area contributed by atoms with Gasteiger partial charge in [-0.25, -0.2) is 0 Å². The number of hydrogen-bond acceptors (Lipinski definition) is 1. The predicted octanol–water partition coefficient (Wildman–Crippen LogP) is 3.07. The maximum atomic E-state index is 11.7. The molecule has 1 aliphatic heterocycles. The molecule has 15 heavy (non-hydrogen) atoms. The summed E-state index contributed by atoms with van der Waals surface area (Å²) in [6, 6.07) is 7.82. The second-order valence-corrected chi connectivity index (χ2v) is 4.25. The largest absolute Gasteiger partial charge is 0.321 e. The number of anilines is 1. The summed E-state index contributed by atoms with van der Waals surface area (Å²) in [4.78, 5) is 11.7. The van der Waals surface area contributed by atoms with Crippen LogP contribution in [0.5, 0.6) is 0 Å². The maximum Gasteiger partial charge on any atom is 0.256 e. The zero-order valence-electron chi connectivity index (χ0n) is 9.08. The van der Waals surface area contributed by atoms with E-state index in [1.807, 2.05) is 30.3 Å². The molecule has 0 radical (unpaired) electrons. The molecular weight excluding hydrogens is 186 g/mol. The number of nitrogens with one attached hydrogen (secondary N) is 1. The molecule has 1 N–H and O–H groups in total. The van der Waals surface area contributed by atoms with Gasteiger partial charge in [-0.3, -0.25) is 4.79 Å². The van der Waals surface area contributed by atoms with Crippen molar-refractivity contribution in [2.75, 3.05) is 5.32 Å². The van der Waals surface area contributed by atoms with Crippen molar-refractivity contribution in [3.05, 3.63) is 35.9 Å². The minimum absolute atomic E-state index is 0.0249. The van der Waals surface area contributed by atoms with E-state index < -0.39 is 0 Å². The Bertz CT molecular complexity index is 418. The number of rotatable bonds is 2. The van der Waals surface area contributed by atoms with Crippen molar-refractivity contribution in [1.29, 1.82) is 0 Å². The number of fused-ring (bicyclic) bond motifs is 1. The second kappa shape index (κ2) is 3.89. The minimum atomic E-state index is 0.0249. The van der Waals surface area contributed by atoms with Gasteiger partial charge in [0.1, 0.15) is 0 Å². The standard InChI is InChI=1S/C13H15NO/c1-9(2)7-8-11-10-5-3-4-6-12(10)14-13(11)15/h3-6,8-9H,7H2,1-2H3,(H,14,15). The Balaban J connectivity index is 2.33. The van der Waals surface area contributed by atoms with Gasteiger partial charge in [0.2, 0.25) is 0 Å². The molecule has 0 aliphatic carbocycles. The topological polar surface area (TPSA) is 29.1 Å². The molecule has 1 aliphatic rings. The lowest BCUT2D eigenvalue weighted by Gasteiger charge is -2.00. The van der Waals surface area contributed by atoms with Gasteiger partial charge in [-0.2, -0.15) is 0 Å². The van der Waals surface area contributed by atoms with E-state index >= 15 is 0 Å². The van der Waals surface area contributed by atoms with Crippen molar-refractivity contribution in [2.45, 2.75) is 20.3 Å². The van der Waals surface area contributed by atoms with Crippen molar-refractivity contribution in [2.24, 2.45) is 5.92 Å². The van der Waals surface area contributed by atoms with E-state index in [0.717, 1.165) is 23.2 Å². The number of benzene rings is 1. The molecule has 0 spiro atoms. The molecule has 0 saturated carbocycles. The summed E-state index contributed by atoms with van der Waals surface area (Å²) in [6.45, 7) is 4.30. The predicted molar refractivity (Wildman–Crippen MR) is 62.5 cm³/mol. The van der Waals surface area contributed by atoms with E-state index in [-0.39, 0.29) is 5.91 Å². The molecular formula is C13H15NO. The van der Waals surface area contributed by atoms with E-state index in [9.17, 15) is 4.79 Å². The Kier molecular flexibility index (Phi) is 2.58. The first-order chi connectivity index (χ1) is 7.18. The summed E-state index contributed by atoms with van der Waals surface area (Å²) < 4.78 is 0. The van der Waals surface area contributed by atoms with Crippen LogP contribution >= 0.6 is 0 Å². The highest BCUT2D eigenvalue weighted by Crippen LogP contribution is 2.31. The van der Waals surface area contributed by atoms with Gasteiger partial charge in [-0.15, -0.1) is 0 Å². The quantitative estimate of drug-likeness (QED) is 0.732. The Morgan fingerprint density at radius 3 is 2.80 bits per heavy atom. The highest BCUT2D eigenvalue weighted by molar-refractivity contribution is 6.31. The number of amides is 1. The highest BCUT2D eigenvalue weighted by atomic mass is 16.1. The van der Waals surface area contributed by atoms with Crippen LogP contribution in [0.25, 0.3) is 5.57 Å². The number of carbonyl (C=O) groups is 1. The monoisotopic (exact) mass is 201 g/mol. The van der Waals surface area contributed by atoms with Crippen molar-refractivity contribution in [3.63, 3.8) is 0 Å². The molecule has 2 heteroatoms. The fourth-order valence-electron chi connectivity index (χ4n) is 1.70. The fraction of sp³-hybridized carbons (Fsp3) is 0.308. The summed E-state index contributed by atoms with van der Waals surface area (Å²) in [5.74, 6) is 0.606. The molecule has 78 valence electrons. The molecule has 0 saturated heterocycles. The van der Waals surface area contributed by atoms with Gasteiger partial charge in [-0.1, -0.05) is 38.1 Å². The average Bonchev–Trinajstić information content (AvgIpc) is 2.50. The molecule has 2 rings (SSSR count). The second-order valence-electron chi connectivity index (χ2n) is 4.25. The Morgan fingerprint density at radius 2 is 2.07 bits per heavy atom. The SMILES string of the molecule is CC(C)CC=C1C(=O)Nc2ccccc21. The van der Waals surface area contributed by atoms with E-state index in [4.69, 9.17) is 0 Å². The summed E-state index contributed by atoms with van der Waals surface area (Å²) in [5, 5.41) is 2.86. The number of allylic oxidation sites excluding steroid dienone is 1. The Morgan fingerprint density at radius 1 is 1.33 bits per heavy atom. The van der Waals surface area contributed by atoms with Crippen LogP contribution in [0.3, 0.4) is 0 Å². The van der Waals surface area contributed by atoms with Gasteiger partial charge in [0.05, 0.1) is 0 Å². The molecule has 0 atom stereocenters. The van der Waals surface area contributed by atoms with Crippen LogP contribution in [0, 0.1) is 5.92 Å². The molecule has 1 amide bonds. The third-order valence-electron chi connectivity index (χ3n) is 2.50. The van der Waals surface area contributed by atoms with E-state index in [2.05, 4.69) is 19.2 Å². The molecule has 0 aromatic heterocycles. The Labute approximate surface area is 90.0 Å². The first kappa shape index (κ1) is 9.97. The van der Waals surface area contributed by atoms with Crippen LogP contribution in [0.15, 0.2) is 30.3 Å². The van der Waals surface area contributed by atoms with E-state index in [1.165, 1.54) is 0 Å². The molecule has 0 fully saturated rings. The zero-order valence-corrected chi connectivity index (χ0v) is 9.08. The lowest BCUT2D eigenvalue weighted by Crippen LogP contribution is -2.03. The van der Waals surface area contributed by atoms with Gasteiger partial charge in [0, 0.05) is 16.8 Å². The number of hydrogen-bond donors (Lipinski definition) is 1. The van der Waals surface area contributed by atoms with Gasteiger partial charge >= 0.3 is 0 Å². The molecule has 2 nitrogen and oxygen atoms in total. The van der Waals surface area contributed by atoms with Gasteiger partial charge in [0.15, 0.2) is 0 Å². The van der Waals surface area contributed by atoms with E-state index in [1.54, 1.807) is 0 Å². The third-order valence-corrected chi connectivity index (χ3v) is 2.50. The summed E-state index contributed by atoms with van der Waals surface area (Å²) >= 11 is 0. The number of carbonyl (C=O) groups excluding carboxylic acids is 1. The molecule has 1 heterocycles. The molecule has 0 bridgehead atoms. The first-order valence-corrected chi connectivity index (χ1v) is 5.29. The summed E-state index contributed by atoms with van der Waals surface area (Å²) in [7, 11) is 0. The van der Waals surface area contributed by atoms with Crippen LogP contribution in [0.1, 0.15) is 25.8 Å². The average molecular weight is 201 g/mol. The normalized spacial score (nSPS) is 17.0. The van der Waals surface area contributed by atoms with Crippen LogP contribution < -0.4 is 5.32 Å². The fourth-order valence-corrected chi connectivity index (χ4v) is 1.70. The third kappa shape index (κ3) is 1.94. The van der Waals surface area contributed by atoms with Gasteiger partial charge in [0.25, 0.3) is 5.91 Å². The molecule has 1 aromatic rings. The summed E-state index contributed by atoms with van der Waals surface area (Å²) in [6.07, 6.45) is 2.98. The number of para-hydroxylation sites is 1. The lowest BCUT2D eigenvalue weighted by molar-refractivity contribution is -0.110. The van der Waals surface area contributed by atoms with E-state index in [0.29, 0.717) is 5.92 Å². The van der Waals surface area contributed by atoms with Crippen molar-refractivity contribution in [1.82, 2.24) is 0 Å². The van der Waals surface area contributed by atoms with Crippen LogP contribution in [0.4, 0.5) is 5.69 Å². The molecule has 1 aromatic carbocycles. The first-order valence-electron chi connectivity index (χ1n) is 5.29. The van der Waals surface area contributed by atoms with Crippen molar-refractivity contribution < 1.29 is 4.79 Å². The minimum Gasteiger partial charge on any atom is -0.321 e. The lowest BCUT2D eigenvalue weighted by atomic mass is 10.0. The van der Waals surface area contributed by atoms with Gasteiger partial charge < -0.3 is 5.32 Å². The molecule has 0 unspecified atom stereocenters. The van der Waals surface area contributed by atoms with Gasteiger partial charge in [-0.05, 0) is 18.4 Å². The van der Waals surface area contributed by atoms with Crippen molar-refractivity contribution >= 4 is 17.2 Å². The summed E-state index contributed by atoms with van der Waals surface area (Å²) in [5.41, 5.74) is 2.78. The smallest absolute Gasteiger partial charge is 0.256 e. The Hall–Kier alpha value is -1.57. The zero-order chi connectivity index (χ0) is 10.8. The highest BCUT2D eigenvalue weighted by Gasteiger charge is 2.22. The van der Waals surface area contributed by atoms with Crippen LogP contribution in [-0.2, 0) is 4.79 Å². The van der Waals surface area contributed by atoms with Crippen molar-refractivity contribution in [3.8, 4) is 0 Å².